The first-order valence-corrected chi connectivity index (χ1v) is 7.22. The zero-order valence-electron chi connectivity index (χ0n) is 12.7. The zero-order chi connectivity index (χ0) is 17.9. The van der Waals surface area contributed by atoms with Gasteiger partial charge in [0.25, 0.3) is 5.91 Å². The van der Waals surface area contributed by atoms with Gasteiger partial charge < -0.3 is 5.32 Å². The number of hydrogen-bond donors (Lipinski definition) is 1. The van der Waals surface area contributed by atoms with Crippen LogP contribution in [0.5, 0.6) is 0 Å². The maximum atomic E-state index is 13.5. The van der Waals surface area contributed by atoms with E-state index in [1.54, 1.807) is 36.5 Å². The van der Waals surface area contributed by atoms with E-state index in [1.165, 1.54) is 18.3 Å². The fourth-order valence-electron chi connectivity index (χ4n) is 2.21. The highest BCUT2D eigenvalue weighted by Gasteiger charge is 2.41. The van der Waals surface area contributed by atoms with Crippen LogP contribution < -0.4 is 5.32 Å². The number of para-hydroxylation sites is 1. The number of halogens is 3. The fraction of sp³-hybridized carbons (Fsp3) is 0.125. The van der Waals surface area contributed by atoms with Crippen molar-refractivity contribution in [3.05, 3.63) is 71.8 Å². The van der Waals surface area contributed by atoms with Gasteiger partial charge in [0.15, 0.2) is 11.4 Å². The minimum absolute atomic E-state index is 0.0299. The lowest BCUT2D eigenvalue weighted by Gasteiger charge is -2.11. The Labute approximate surface area is 140 Å². The van der Waals surface area contributed by atoms with Gasteiger partial charge in [0.1, 0.15) is 0 Å². The van der Waals surface area contributed by atoms with Crippen molar-refractivity contribution in [1.29, 1.82) is 0 Å². The van der Waals surface area contributed by atoms with Crippen molar-refractivity contribution >= 4 is 5.91 Å². The van der Waals surface area contributed by atoms with Crippen molar-refractivity contribution in [2.24, 2.45) is 0 Å². The molecule has 0 unspecified atom stereocenters. The molecular weight excluding hydrogens is 335 g/mol. The van der Waals surface area contributed by atoms with Crippen LogP contribution >= 0.6 is 0 Å². The summed E-state index contributed by atoms with van der Waals surface area (Å²) in [4.78, 5) is 16.1. The summed E-state index contributed by atoms with van der Waals surface area (Å²) in [5.74, 6) is -0.960. The third-order valence-electron chi connectivity index (χ3n) is 3.33. The second-order valence-electron chi connectivity index (χ2n) is 5.08. The molecule has 0 atom stereocenters. The third kappa shape index (κ3) is 3.65. The standard InChI is InChI=1S/C16H12F3N5O/c17-16(18,19)14-13(15(25)21-10-11-5-4-8-20-9-11)22-23-24(14)12-6-2-1-3-7-12/h1-9H,10H2,(H,21,25). The van der Waals surface area contributed by atoms with Crippen molar-refractivity contribution in [2.45, 2.75) is 12.7 Å². The lowest BCUT2D eigenvalue weighted by atomic mass is 10.2. The largest absolute Gasteiger partial charge is 0.435 e. The van der Waals surface area contributed by atoms with E-state index in [4.69, 9.17) is 0 Å². The third-order valence-corrected chi connectivity index (χ3v) is 3.33. The lowest BCUT2D eigenvalue weighted by molar-refractivity contribution is -0.143. The highest BCUT2D eigenvalue weighted by molar-refractivity contribution is 5.93. The van der Waals surface area contributed by atoms with Crippen molar-refractivity contribution in [1.82, 2.24) is 25.3 Å². The molecule has 25 heavy (non-hydrogen) atoms. The number of amides is 1. The molecule has 2 heterocycles. The smallest absolute Gasteiger partial charge is 0.346 e. The van der Waals surface area contributed by atoms with Crippen LogP contribution in [0.25, 0.3) is 5.69 Å². The molecule has 9 heteroatoms. The van der Waals surface area contributed by atoms with Gasteiger partial charge in [-0.3, -0.25) is 9.78 Å². The summed E-state index contributed by atoms with van der Waals surface area (Å²) >= 11 is 0. The normalized spacial score (nSPS) is 11.3. The summed E-state index contributed by atoms with van der Waals surface area (Å²) < 4.78 is 41.0. The fourth-order valence-corrected chi connectivity index (χ4v) is 2.21. The molecule has 2 aromatic heterocycles. The molecule has 0 bridgehead atoms. The van der Waals surface area contributed by atoms with Crippen molar-refractivity contribution in [3.8, 4) is 5.69 Å². The van der Waals surface area contributed by atoms with Crippen molar-refractivity contribution in [3.63, 3.8) is 0 Å². The Bertz CT molecular complexity index is 862. The Kier molecular flexibility index (Phi) is 4.46. The summed E-state index contributed by atoms with van der Waals surface area (Å²) in [6.07, 6.45) is -1.73. The van der Waals surface area contributed by atoms with Gasteiger partial charge >= 0.3 is 6.18 Å². The van der Waals surface area contributed by atoms with E-state index < -0.39 is 23.5 Å². The SMILES string of the molecule is O=C(NCc1cccnc1)c1nnn(-c2ccccc2)c1C(F)(F)F. The number of hydrogen-bond acceptors (Lipinski definition) is 4. The van der Waals surface area contributed by atoms with E-state index in [-0.39, 0.29) is 12.2 Å². The second kappa shape index (κ2) is 6.71. The monoisotopic (exact) mass is 347 g/mol. The highest BCUT2D eigenvalue weighted by Crippen LogP contribution is 2.32. The molecule has 0 aliphatic rings. The molecule has 1 aromatic carbocycles. The molecule has 0 saturated carbocycles. The molecule has 0 radical (unpaired) electrons. The Morgan fingerprint density at radius 3 is 2.52 bits per heavy atom. The number of carbonyl (C=O) groups is 1. The number of pyridine rings is 1. The van der Waals surface area contributed by atoms with Crippen molar-refractivity contribution < 1.29 is 18.0 Å². The summed E-state index contributed by atoms with van der Waals surface area (Å²) in [7, 11) is 0. The topological polar surface area (TPSA) is 72.7 Å². The van der Waals surface area contributed by atoms with Crippen LogP contribution in [0.1, 0.15) is 21.7 Å². The Hall–Kier alpha value is -3.23. The zero-order valence-corrected chi connectivity index (χ0v) is 12.7. The number of benzene rings is 1. The molecule has 0 fully saturated rings. The second-order valence-corrected chi connectivity index (χ2v) is 5.08. The van der Waals surface area contributed by atoms with E-state index in [0.717, 1.165) is 0 Å². The molecule has 0 aliphatic heterocycles. The van der Waals surface area contributed by atoms with Crippen LogP contribution in [-0.2, 0) is 12.7 Å². The Morgan fingerprint density at radius 2 is 1.88 bits per heavy atom. The number of nitrogens with zero attached hydrogens (tertiary/aromatic N) is 4. The Morgan fingerprint density at radius 1 is 1.12 bits per heavy atom. The molecule has 128 valence electrons. The van der Waals surface area contributed by atoms with Gasteiger partial charge in [-0.2, -0.15) is 13.2 Å². The van der Waals surface area contributed by atoms with E-state index >= 15 is 0 Å². The van der Waals surface area contributed by atoms with Crippen molar-refractivity contribution in [2.75, 3.05) is 0 Å². The van der Waals surface area contributed by atoms with E-state index in [2.05, 4.69) is 20.6 Å². The van der Waals surface area contributed by atoms with Gasteiger partial charge in [-0.05, 0) is 23.8 Å². The predicted molar refractivity (Wildman–Crippen MR) is 81.8 cm³/mol. The average molecular weight is 347 g/mol. The number of alkyl halides is 3. The van der Waals surface area contributed by atoms with Crippen LogP contribution in [0.15, 0.2) is 54.9 Å². The van der Waals surface area contributed by atoms with Gasteiger partial charge in [0.2, 0.25) is 0 Å². The number of aromatic nitrogens is 4. The molecule has 3 rings (SSSR count). The molecule has 3 aromatic rings. The van der Waals surface area contributed by atoms with Crippen LogP contribution in [0.4, 0.5) is 13.2 Å². The lowest BCUT2D eigenvalue weighted by Crippen LogP contribution is -2.27. The highest BCUT2D eigenvalue weighted by atomic mass is 19.4. The van der Waals surface area contributed by atoms with E-state index in [9.17, 15) is 18.0 Å². The molecule has 0 aliphatic carbocycles. The number of rotatable bonds is 4. The maximum Gasteiger partial charge on any atom is 0.435 e. The molecular formula is C16H12F3N5O. The van der Waals surface area contributed by atoms with Gasteiger partial charge in [0.05, 0.1) is 5.69 Å². The molecule has 1 amide bonds. The maximum absolute atomic E-state index is 13.5. The van der Waals surface area contributed by atoms with Gasteiger partial charge in [-0.25, -0.2) is 4.68 Å². The number of nitrogens with one attached hydrogen (secondary N) is 1. The molecule has 6 nitrogen and oxygen atoms in total. The molecule has 1 N–H and O–H groups in total. The summed E-state index contributed by atoms with van der Waals surface area (Å²) in [5, 5.41) is 9.34. The van der Waals surface area contributed by atoms with Gasteiger partial charge in [-0.15, -0.1) is 5.10 Å². The van der Waals surface area contributed by atoms with E-state index in [1.807, 2.05) is 0 Å². The van der Waals surface area contributed by atoms with Crippen LogP contribution in [0, 0.1) is 0 Å². The number of carbonyl (C=O) groups excluding carboxylic acids is 1. The molecule has 0 spiro atoms. The quantitative estimate of drug-likeness (QED) is 0.787. The summed E-state index contributed by atoms with van der Waals surface area (Å²) in [6, 6.07) is 11.0. The summed E-state index contributed by atoms with van der Waals surface area (Å²) in [5.41, 5.74) is -1.18. The first-order chi connectivity index (χ1) is 12.0. The summed E-state index contributed by atoms with van der Waals surface area (Å²) in [6.45, 7) is 0.0299. The van der Waals surface area contributed by atoms with Crippen LogP contribution in [0.2, 0.25) is 0 Å². The molecule has 0 saturated heterocycles. The van der Waals surface area contributed by atoms with Crippen LogP contribution in [0.3, 0.4) is 0 Å². The minimum atomic E-state index is -4.79. The first-order valence-electron chi connectivity index (χ1n) is 7.22. The van der Waals surface area contributed by atoms with E-state index in [0.29, 0.717) is 10.2 Å². The van der Waals surface area contributed by atoms with Gasteiger partial charge in [0, 0.05) is 18.9 Å². The van der Waals surface area contributed by atoms with Crippen LogP contribution in [-0.4, -0.2) is 25.9 Å². The van der Waals surface area contributed by atoms with Gasteiger partial charge in [-0.1, -0.05) is 29.5 Å². The Balaban J connectivity index is 1.91. The minimum Gasteiger partial charge on any atom is -0.346 e. The first kappa shape index (κ1) is 16.6. The predicted octanol–water partition coefficient (Wildman–Crippen LogP) is 2.61. The average Bonchev–Trinajstić information content (AvgIpc) is 3.07.